The van der Waals surface area contributed by atoms with Crippen molar-refractivity contribution in [3.8, 4) is 5.75 Å². The molecule has 0 atom stereocenters. The van der Waals surface area contributed by atoms with Crippen LogP contribution in [0.2, 0.25) is 0 Å². The minimum absolute atomic E-state index is 0.00137. The number of benzene rings is 2. The van der Waals surface area contributed by atoms with Crippen LogP contribution in [0.1, 0.15) is 44.7 Å². The lowest BCUT2D eigenvalue weighted by molar-refractivity contribution is -0.143. The molecule has 1 aliphatic rings. The number of Topliss-reactive ketones (excluding diaryl/α,β-unsaturated/α-hetero) is 1. The lowest BCUT2D eigenvalue weighted by atomic mass is 9.82. The second kappa shape index (κ2) is 20.5. The molecule has 0 bridgehead atoms. The molecule has 1 aliphatic carbocycles. The van der Waals surface area contributed by atoms with Crippen LogP contribution in [0.25, 0.3) is 0 Å². The van der Waals surface area contributed by atoms with Crippen LogP contribution in [0.5, 0.6) is 5.75 Å². The highest BCUT2D eigenvalue weighted by molar-refractivity contribution is 6.31. The van der Waals surface area contributed by atoms with Crippen molar-refractivity contribution in [2.45, 2.75) is 12.8 Å². The van der Waals surface area contributed by atoms with Gasteiger partial charge < -0.3 is 36.0 Å². The first-order valence-electron chi connectivity index (χ1n) is 16.8. The van der Waals surface area contributed by atoms with Crippen LogP contribution in [0, 0.1) is 0 Å². The van der Waals surface area contributed by atoms with Crippen LogP contribution in [-0.4, -0.2) is 183 Å². The van der Waals surface area contributed by atoms with E-state index in [2.05, 4.69) is 5.32 Å². The van der Waals surface area contributed by atoms with E-state index in [0.29, 0.717) is 5.69 Å². The number of aliphatic carboxylic acids is 5. The maximum atomic E-state index is 13.3. The number of rotatable bonds is 26. The monoisotopic (exact) mass is 757 g/mol. The minimum Gasteiger partial charge on any atom is -0.507 e. The third-order valence-corrected chi connectivity index (χ3v) is 8.39. The standard InChI is InChI=1S/C35H43N5O14/c41-22(4-3-9-36-25-7-8-26(42)33-32(25)34(53)23-5-1-2-6-24(23)35(33)54)16-39(19-29(47)48)14-12-37(17-27(43)44)10-11-38(18-28(45)46)13-15-40(20-30(49)50)21-31(51)52/h1-2,5-8,36,42H,3-4,9-21H2,(H,43,44)(H,45,46)(H,47,48)(H,49,50)(H,51,52). The Hall–Kier alpha value is -5.76. The Kier molecular flexibility index (Phi) is 16.2. The summed E-state index contributed by atoms with van der Waals surface area (Å²) in [5.41, 5.74) is 0.589. The van der Waals surface area contributed by atoms with E-state index >= 15 is 0 Å². The van der Waals surface area contributed by atoms with E-state index in [1.165, 1.54) is 39.0 Å². The lowest BCUT2D eigenvalue weighted by Gasteiger charge is -2.29. The molecule has 19 heteroatoms. The second-order valence-electron chi connectivity index (χ2n) is 12.6. The summed E-state index contributed by atoms with van der Waals surface area (Å²) in [6.07, 6.45) is 0.262. The summed E-state index contributed by atoms with van der Waals surface area (Å²) >= 11 is 0. The summed E-state index contributed by atoms with van der Waals surface area (Å²) in [6.45, 7) is -2.99. The highest BCUT2D eigenvalue weighted by Crippen LogP contribution is 2.36. The molecule has 2 aromatic carbocycles. The Labute approximate surface area is 309 Å². The van der Waals surface area contributed by atoms with Gasteiger partial charge in [0.05, 0.1) is 50.4 Å². The summed E-state index contributed by atoms with van der Waals surface area (Å²) in [5.74, 6) is -7.81. The molecule has 0 unspecified atom stereocenters. The zero-order valence-corrected chi connectivity index (χ0v) is 29.3. The summed E-state index contributed by atoms with van der Waals surface area (Å²) in [7, 11) is 0. The predicted molar refractivity (Wildman–Crippen MR) is 188 cm³/mol. The van der Waals surface area contributed by atoms with E-state index in [0.717, 1.165) is 4.90 Å². The molecule has 7 N–H and O–H groups in total. The van der Waals surface area contributed by atoms with E-state index in [1.807, 2.05) is 0 Å². The fourth-order valence-electron chi connectivity index (χ4n) is 5.96. The molecule has 2 aromatic rings. The maximum Gasteiger partial charge on any atom is 0.317 e. The van der Waals surface area contributed by atoms with Gasteiger partial charge in [0.1, 0.15) is 11.5 Å². The Morgan fingerprint density at radius 2 is 0.907 bits per heavy atom. The highest BCUT2D eigenvalue weighted by Gasteiger charge is 2.34. The van der Waals surface area contributed by atoms with Gasteiger partial charge in [-0.3, -0.25) is 58.0 Å². The fourth-order valence-corrected chi connectivity index (χ4v) is 5.96. The molecule has 0 spiro atoms. The molecule has 0 aliphatic heterocycles. The molecule has 0 radical (unpaired) electrons. The molecule has 0 heterocycles. The third kappa shape index (κ3) is 13.3. The number of fused-ring (bicyclic) bond motifs is 2. The van der Waals surface area contributed by atoms with Gasteiger partial charge in [0.25, 0.3) is 0 Å². The quantitative estimate of drug-likeness (QED) is 0.0404. The van der Waals surface area contributed by atoms with Gasteiger partial charge in [-0.2, -0.15) is 0 Å². The van der Waals surface area contributed by atoms with Crippen LogP contribution in [0.4, 0.5) is 5.69 Å². The van der Waals surface area contributed by atoms with Gasteiger partial charge >= 0.3 is 29.8 Å². The van der Waals surface area contributed by atoms with Gasteiger partial charge in [0.15, 0.2) is 11.6 Å². The van der Waals surface area contributed by atoms with Crippen molar-refractivity contribution in [2.75, 3.05) is 90.4 Å². The van der Waals surface area contributed by atoms with Crippen molar-refractivity contribution >= 4 is 52.9 Å². The number of aromatic hydroxyl groups is 1. The van der Waals surface area contributed by atoms with E-state index in [4.69, 9.17) is 10.2 Å². The average Bonchev–Trinajstić information content (AvgIpc) is 3.08. The molecule has 3 rings (SSSR count). The molecule has 19 nitrogen and oxygen atoms in total. The number of phenolic OH excluding ortho intramolecular Hbond substituents is 1. The van der Waals surface area contributed by atoms with Crippen LogP contribution >= 0.6 is 0 Å². The Balaban J connectivity index is 1.57. The number of hydrogen-bond donors (Lipinski definition) is 7. The van der Waals surface area contributed by atoms with Crippen LogP contribution in [-0.2, 0) is 28.8 Å². The number of ketones is 3. The predicted octanol–water partition coefficient (Wildman–Crippen LogP) is -0.440. The van der Waals surface area contributed by atoms with Crippen molar-refractivity contribution in [1.29, 1.82) is 0 Å². The molecule has 0 saturated carbocycles. The van der Waals surface area contributed by atoms with E-state index in [-0.39, 0.29) is 99.0 Å². The highest BCUT2D eigenvalue weighted by atomic mass is 16.4. The SMILES string of the molecule is O=C(O)CN(CCN(CCN(CC(=O)O)CC(=O)CCCNc1ccc(O)c2c1C(=O)c1ccccc1C2=O)CC(=O)O)CCN(CC(=O)O)CC(=O)O. The summed E-state index contributed by atoms with van der Waals surface area (Å²) in [6, 6.07) is 9.03. The zero-order valence-electron chi connectivity index (χ0n) is 29.3. The van der Waals surface area contributed by atoms with Crippen LogP contribution in [0.15, 0.2) is 36.4 Å². The molecular formula is C35H43N5O14. The van der Waals surface area contributed by atoms with Crippen molar-refractivity contribution in [2.24, 2.45) is 0 Å². The van der Waals surface area contributed by atoms with Crippen molar-refractivity contribution in [1.82, 2.24) is 19.6 Å². The van der Waals surface area contributed by atoms with E-state index in [9.17, 15) is 58.8 Å². The molecular weight excluding hydrogens is 714 g/mol. The molecule has 0 amide bonds. The first kappa shape index (κ1) is 42.7. The number of carboxylic acids is 5. The average molecular weight is 758 g/mol. The normalized spacial score (nSPS) is 12.2. The fraction of sp³-hybridized carbons (Fsp3) is 0.429. The number of hydrogen-bond acceptors (Lipinski definition) is 14. The number of nitrogens with one attached hydrogen (secondary N) is 1. The summed E-state index contributed by atoms with van der Waals surface area (Å²) in [5, 5.41) is 59.9. The Morgan fingerprint density at radius 1 is 0.519 bits per heavy atom. The lowest BCUT2D eigenvalue weighted by Crippen LogP contribution is -2.46. The molecule has 292 valence electrons. The van der Waals surface area contributed by atoms with Crippen molar-refractivity contribution in [3.63, 3.8) is 0 Å². The Morgan fingerprint density at radius 3 is 1.35 bits per heavy atom. The van der Waals surface area contributed by atoms with Gasteiger partial charge in [0, 0.05) is 69.0 Å². The molecule has 0 fully saturated rings. The van der Waals surface area contributed by atoms with Crippen LogP contribution in [0.3, 0.4) is 0 Å². The van der Waals surface area contributed by atoms with Crippen molar-refractivity contribution in [3.05, 3.63) is 58.7 Å². The number of carbonyl (C=O) groups is 8. The van der Waals surface area contributed by atoms with E-state index < -0.39 is 74.1 Å². The molecule has 0 saturated heterocycles. The number of carbonyl (C=O) groups excluding carboxylic acids is 3. The summed E-state index contributed by atoms with van der Waals surface area (Å²) in [4.78, 5) is 101. The first-order valence-corrected chi connectivity index (χ1v) is 16.8. The van der Waals surface area contributed by atoms with Crippen LogP contribution < -0.4 is 5.32 Å². The third-order valence-electron chi connectivity index (χ3n) is 8.39. The molecule has 0 aromatic heterocycles. The minimum atomic E-state index is -1.27. The smallest absolute Gasteiger partial charge is 0.317 e. The van der Waals surface area contributed by atoms with Gasteiger partial charge in [-0.15, -0.1) is 0 Å². The van der Waals surface area contributed by atoms with Gasteiger partial charge in [-0.1, -0.05) is 24.3 Å². The second-order valence-corrected chi connectivity index (χ2v) is 12.6. The van der Waals surface area contributed by atoms with Gasteiger partial charge in [-0.25, -0.2) is 0 Å². The largest absolute Gasteiger partial charge is 0.507 e. The van der Waals surface area contributed by atoms with Crippen molar-refractivity contribution < 1.29 is 69.0 Å². The maximum absolute atomic E-state index is 13.3. The summed E-state index contributed by atoms with van der Waals surface area (Å²) < 4.78 is 0. The topological polar surface area (TPSA) is 283 Å². The zero-order chi connectivity index (χ0) is 39.9. The number of carboxylic acid groups (broad SMARTS) is 5. The Bertz CT molecular complexity index is 1730. The number of anilines is 1. The van der Waals surface area contributed by atoms with Gasteiger partial charge in [-0.05, 0) is 18.6 Å². The molecule has 54 heavy (non-hydrogen) atoms. The van der Waals surface area contributed by atoms with E-state index in [1.54, 1.807) is 12.1 Å². The first-order chi connectivity index (χ1) is 25.5. The number of phenols is 1. The number of nitrogens with zero attached hydrogens (tertiary/aromatic N) is 4. The van der Waals surface area contributed by atoms with Gasteiger partial charge in [0.2, 0.25) is 0 Å².